The van der Waals surface area contributed by atoms with Crippen LogP contribution in [0.5, 0.6) is 0 Å². The average molecular weight is 302 g/mol. The first-order valence-electron chi connectivity index (χ1n) is 5.00. The molecule has 2 heteroatoms. The summed E-state index contributed by atoms with van der Waals surface area (Å²) in [6.45, 7) is 4.34. The molecule has 0 saturated carbocycles. The van der Waals surface area contributed by atoms with Gasteiger partial charge in [0.2, 0.25) is 0 Å². The summed E-state index contributed by atoms with van der Waals surface area (Å²) in [5.74, 6) is 14.9. The van der Waals surface area contributed by atoms with E-state index in [1.807, 2.05) is 0 Å². The molecule has 76 valence electrons. The zero-order chi connectivity index (χ0) is 10.9. The Labute approximate surface area is 89.2 Å². The van der Waals surface area contributed by atoms with Crippen LogP contribution in [0.2, 0.25) is 34.5 Å². The van der Waals surface area contributed by atoms with Crippen LogP contribution < -0.4 is 0 Å². The van der Waals surface area contributed by atoms with Crippen molar-refractivity contribution in [3.63, 3.8) is 0 Å². The summed E-state index contributed by atoms with van der Waals surface area (Å²) in [6.07, 6.45) is 0. The summed E-state index contributed by atoms with van der Waals surface area (Å²) in [6, 6.07) is 0. The van der Waals surface area contributed by atoms with E-state index in [4.69, 9.17) is 0 Å². The van der Waals surface area contributed by atoms with Gasteiger partial charge in [0, 0.05) is 0 Å². The minimum atomic E-state index is -1.61. The van der Waals surface area contributed by atoms with Crippen molar-refractivity contribution in [1.29, 1.82) is 0 Å². The Morgan fingerprint density at radius 2 is 1.08 bits per heavy atom. The maximum absolute atomic E-state index is 3.66. The van der Waals surface area contributed by atoms with Crippen molar-refractivity contribution in [2.75, 3.05) is 0 Å². The molecule has 0 saturated heterocycles. The first kappa shape index (κ1) is 13.6. The van der Waals surface area contributed by atoms with E-state index in [-0.39, 0.29) is 0 Å². The number of hydrogen-bond acceptors (Lipinski definition) is 0. The fourth-order valence-electron chi connectivity index (χ4n) is 1.75. The van der Waals surface area contributed by atoms with Gasteiger partial charge in [-0.1, -0.05) is 0 Å². The molecule has 0 aromatic rings. The Bertz CT molecular complexity index is 222. The van der Waals surface area contributed by atoms with Crippen LogP contribution in [0, 0.1) is 0 Å². The van der Waals surface area contributed by atoms with Gasteiger partial charge in [0.15, 0.2) is 0 Å². The van der Waals surface area contributed by atoms with Gasteiger partial charge in [-0.15, -0.1) is 0 Å². The van der Waals surface area contributed by atoms with Gasteiger partial charge < -0.3 is 0 Å². The quantitative estimate of drug-likeness (QED) is 0.529. The molecule has 0 aromatic heterocycles. The fourth-order valence-corrected chi connectivity index (χ4v) is 33.6. The molecular formula is C11H24Ge2. The second-order valence-electron chi connectivity index (χ2n) is 6.00. The second-order valence-corrected chi connectivity index (χ2v) is 29.2. The van der Waals surface area contributed by atoms with Crippen molar-refractivity contribution in [2.24, 2.45) is 0 Å². The van der Waals surface area contributed by atoms with Gasteiger partial charge in [0.05, 0.1) is 0 Å². The Hall–Kier alpha value is 0.606. The monoisotopic (exact) mass is 304 g/mol. The predicted octanol–water partition coefficient (Wildman–Crippen LogP) is 4.23. The molecule has 0 aromatic carbocycles. The molecule has 0 aliphatic rings. The molecule has 0 rings (SSSR count). The van der Waals surface area contributed by atoms with Crippen LogP contribution in [0.1, 0.15) is 13.8 Å². The van der Waals surface area contributed by atoms with E-state index in [2.05, 4.69) is 54.1 Å². The summed E-state index contributed by atoms with van der Waals surface area (Å²) in [4.78, 5) is 0. The maximum atomic E-state index is 3.66. The predicted molar refractivity (Wildman–Crippen MR) is 68.6 cm³/mol. The molecule has 0 heterocycles. The van der Waals surface area contributed by atoms with Gasteiger partial charge >= 0.3 is 89.5 Å². The van der Waals surface area contributed by atoms with E-state index < -0.39 is 26.5 Å². The Morgan fingerprint density at radius 3 is 1.15 bits per heavy atom. The van der Waals surface area contributed by atoms with E-state index in [9.17, 15) is 0 Å². The van der Waals surface area contributed by atoms with Crippen LogP contribution in [0.4, 0.5) is 0 Å². The third-order valence-electron chi connectivity index (χ3n) is 1.88. The van der Waals surface area contributed by atoms with Crippen LogP contribution in [-0.2, 0) is 0 Å². The third-order valence-corrected chi connectivity index (χ3v) is 25.0. The van der Waals surface area contributed by atoms with Gasteiger partial charge in [-0.2, -0.15) is 0 Å². The average Bonchev–Trinajstić information content (AvgIpc) is 1.77. The summed E-state index contributed by atoms with van der Waals surface area (Å²) < 4.78 is 1.78. The fraction of sp³-hybridized carbons (Fsp3) is 0.727. The Kier molecular flexibility index (Phi) is 4.62. The first-order chi connectivity index (χ1) is 5.55. The van der Waals surface area contributed by atoms with Gasteiger partial charge in [-0.25, -0.2) is 0 Å². The molecule has 0 fully saturated rings. The normalized spacial score (nSPS) is 12.3. The topological polar surface area (TPSA) is 0 Å². The van der Waals surface area contributed by atoms with Crippen LogP contribution in [0.3, 0.4) is 0 Å². The molecule has 0 nitrogen and oxygen atoms in total. The number of allylic oxidation sites excluding steroid dienone is 1. The molecular weight excluding hydrogens is 277 g/mol. The number of hydrogen-bond donors (Lipinski definition) is 0. The summed E-state index contributed by atoms with van der Waals surface area (Å²) >= 11 is -3.23. The number of rotatable bonds is 2. The first-order valence-corrected chi connectivity index (χ1v) is 19.7. The van der Waals surface area contributed by atoms with E-state index >= 15 is 0 Å². The van der Waals surface area contributed by atoms with Crippen LogP contribution in [0.15, 0.2) is 14.5 Å². The zero-order valence-corrected chi connectivity index (χ0v) is 14.7. The molecule has 0 aliphatic heterocycles. The minimum absolute atomic E-state index is 1.36. The van der Waals surface area contributed by atoms with E-state index in [1.165, 1.54) is 5.57 Å². The molecule has 0 spiro atoms. The third kappa shape index (κ3) is 5.14. The van der Waals surface area contributed by atoms with Gasteiger partial charge in [0.25, 0.3) is 0 Å². The summed E-state index contributed by atoms with van der Waals surface area (Å²) in [5, 5.41) is 0. The Balaban J connectivity index is 5.41. The van der Waals surface area contributed by atoms with E-state index in [0.717, 1.165) is 0 Å². The molecule has 0 bridgehead atoms. The van der Waals surface area contributed by atoms with Crippen molar-refractivity contribution in [2.45, 2.75) is 48.4 Å². The van der Waals surface area contributed by atoms with Crippen molar-refractivity contribution in [3.8, 4) is 0 Å². The zero-order valence-electron chi connectivity index (χ0n) is 10.5. The molecule has 0 unspecified atom stereocenters. The second kappa shape index (κ2) is 4.42. The molecule has 0 atom stereocenters. The summed E-state index contributed by atoms with van der Waals surface area (Å²) in [5.41, 5.74) is 5.02. The molecule has 0 amide bonds. The van der Waals surface area contributed by atoms with E-state index in [0.29, 0.717) is 0 Å². The molecule has 13 heavy (non-hydrogen) atoms. The van der Waals surface area contributed by atoms with Gasteiger partial charge in [-0.05, 0) is 0 Å². The van der Waals surface area contributed by atoms with Gasteiger partial charge in [0.1, 0.15) is 0 Å². The van der Waals surface area contributed by atoms with Crippen molar-refractivity contribution in [1.82, 2.24) is 0 Å². The molecule has 0 radical (unpaired) electrons. The van der Waals surface area contributed by atoms with Crippen molar-refractivity contribution in [3.05, 3.63) is 14.5 Å². The Morgan fingerprint density at radius 1 is 0.769 bits per heavy atom. The van der Waals surface area contributed by atoms with Crippen molar-refractivity contribution < 1.29 is 0 Å². The SMILES string of the molecule is CC(C)=C=[C]([Ge]([CH3])([CH3])[CH3])[Ge]([CH3])([CH3])[CH3]. The van der Waals surface area contributed by atoms with E-state index in [1.54, 1.807) is 3.24 Å². The van der Waals surface area contributed by atoms with Crippen LogP contribution >= 0.6 is 0 Å². The van der Waals surface area contributed by atoms with Gasteiger partial charge in [-0.3, -0.25) is 0 Å². The standard InChI is InChI=1S/C11H24Ge2/c1-10(2)9-11(12(3,4)5)13(6,7)8/h1-8H3. The van der Waals surface area contributed by atoms with Crippen LogP contribution in [0.25, 0.3) is 0 Å². The van der Waals surface area contributed by atoms with Crippen LogP contribution in [-0.4, -0.2) is 26.5 Å². The van der Waals surface area contributed by atoms with Crippen molar-refractivity contribution >= 4 is 26.5 Å². The molecule has 0 N–H and O–H groups in total. The summed E-state index contributed by atoms with van der Waals surface area (Å²) in [7, 11) is 0. The molecule has 0 aliphatic carbocycles.